The molecule has 9 heteroatoms. The van der Waals surface area contributed by atoms with Crippen molar-refractivity contribution in [3.63, 3.8) is 0 Å². The van der Waals surface area contributed by atoms with Gasteiger partial charge < -0.3 is 15.1 Å². The van der Waals surface area contributed by atoms with Crippen LogP contribution in [0.4, 0.5) is 14.7 Å². The highest BCUT2D eigenvalue weighted by Gasteiger charge is 2.43. The summed E-state index contributed by atoms with van der Waals surface area (Å²) < 4.78 is 26.7. The number of amides is 1. The number of nitrogens with zero attached hydrogens (tertiary/aromatic N) is 5. The van der Waals surface area contributed by atoms with Crippen molar-refractivity contribution in [2.75, 3.05) is 50.7 Å². The van der Waals surface area contributed by atoms with Gasteiger partial charge >= 0.3 is 0 Å². The molecule has 2 atom stereocenters. The van der Waals surface area contributed by atoms with E-state index in [0.29, 0.717) is 6.42 Å². The van der Waals surface area contributed by atoms with E-state index in [1.54, 1.807) is 18.5 Å². The summed E-state index contributed by atoms with van der Waals surface area (Å²) in [6.45, 7) is 3.90. The van der Waals surface area contributed by atoms with E-state index in [4.69, 9.17) is 0 Å². The van der Waals surface area contributed by atoms with Gasteiger partial charge in [0, 0.05) is 64.1 Å². The highest BCUT2D eigenvalue weighted by Crippen LogP contribution is 2.28. The summed E-state index contributed by atoms with van der Waals surface area (Å²) in [7, 11) is 0. The predicted molar refractivity (Wildman–Crippen MR) is 92.2 cm³/mol. The summed E-state index contributed by atoms with van der Waals surface area (Å²) in [4.78, 5) is 26.9. The smallest absolute Gasteiger partial charge is 0.267 e. The number of likely N-dealkylation sites (tertiary alicyclic amines) is 1. The van der Waals surface area contributed by atoms with Crippen LogP contribution in [0.1, 0.15) is 12.8 Å². The lowest BCUT2D eigenvalue weighted by Gasteiger charge is -2.37. The molecule has 1 aromatic heterocycles. The van der Waals surface area contributed by atoms with Gasteiger partial charge in [-0.25, -0.2) is 18.7 Å². The third kappa shape index (κ3) is 3.64. The highest BCUT2D eigenvalue weighted by molar-refractivity contribution is 5.82. The van der Waals surface area contributed by atoms with Crippen LogP contribution in [0.25, 0.3) is 0 Å². The first-order chi connectivity index (χ1) is 12.5. The van der Waals surface area contributed by atoms with Crippen molar-refractivity contribution in [3.05, 3.63) is 18.5 Å². The minimum atomic E-state index is -2.73. The lowest BCUT2D eigenvalue weighted by Crippen LogP contribution is -2.51. The topological polar surface area (TPSA) is 64.6 Å². The minimum absolute atomic E-state index is 0.157. The van der Waals surface area contributed by atoms with E-state index in [2.05, 4.69) is 25.1 Å². The quantitative estimate of drug-likeness (QED) is 0.824. The molecule has 0 aromatic carbocycles. The molecule has 3 aliphatic heterocycles. The number of hydrogen-bond acceptors (Lipinski definition) is 6. The number of halogens is 2. The number of carbonyl (C=O) groups excluding carboxylic acids is 1. The van der Waals surface area contributed by atoms with Gasteiger partial charge in [-0.2, -0.15) is 0 Å². The summed E-state index contributed by atoms with van der Waals surface area (Å²) in [6, 6.07) is 1.73. The second-order valence-corrected chi connectivity index (χ2v) is 7.29. The Balaban J connectivity index is 1.28. The fraction of sp³-hybridized carbons (Fsp3) is 0.706. The Morgan fingerprint density at radius 3 is 2.54 bits per heavy atom. The van der Waals surface area contributed by atoms with E-state index in [9.17, 15) is 13.6 Å². The number of hydrogen-bond donors (Lipinski definition) is 1. The molecule has 4 heterocycles. The van der Waals surface area contributed by atoms with E-state index >= 15 is 0 Å². The molecule has 1 amide bonds. The Kier molecular flexibility index (Phi) is 4.74. The molecule has 7 nitrogen and oxygen atoms in total. The first-order valence-corrected chi connectivity index (χ1v) is 9.18. The van der Waals surface area contributed by atoms with Gasteiger partial charge in [-0.15, -0.1) is 0 Å². The van der Waals surface area contributed by atoms with Gasteiger partial charge in [0.15, 0.2) is 0 Å². The molecule has 0 bridgehead atoms. The lowest BCUT2D eigenvalue weighted by molar-refractivity contribution is -0.133. The van der Waals surface area contributed by atoms with Crippen molar-refractivity contribution in [2.45, 2.75) is 30.8 Å². The number of aromatic nitrogens is 2. The first-order valence-electron chi connectivity index (χ1n) is 9.18. The van der Waals surface area contributed by atoms with Crippen LogP contribution >= 0.6 is 0 Å². The Labute approximate surface area is 151 Å². The molecule has 4 rings (SSSR count). The molecule has 1 N–H and O–H groups in total. The van der Waals surface area contributed by atoms with Crippen LogP contribution in [0.5, 0.6) is 0 Å². The standard InChI is InChI=1S/C17H24F2N6O/c18-17(19)2-5-25(12-17)15(26)14-10-13(11-22-14)23-6-8-24(9-7-23)16-20-3-1-4-21-16/h1,3-4,13-14,22H,2,5-12H2/t13?,14-/m0/s1. The normalized spacial score (nSPS) is 29.3. The van der Waals surface area contributed by atoms with Crippen LogP contribution in [0.3, 0.4) is 0 Å². The Morgan fingerprint density at radius 1 is 1.15 bits per heavy atom. The van der Waals surface area contributed by atoms with Crippen molar-refractivity contribution in [2.24, 2.45) is 0 Å². The molecular weight excluding hydrogens is 342 g/mol. The monoisotopic (exact) mass is 366 g/mol. The van der Waals surface area contributed by atoms with Crippen LogP contribution in [-0.2, 0) is 4.79 Å². The van der Waals surface area contributed by atoms with Gasteiger partial charge in [-0.3, -0.25) is 9.69 Å². The maximum atomic E-state index is 13.3. The third-order valence-corrected chi connectivity index (χ3v) is 5.55. The van der Waals surface area contributed by atoms with Crippen LogP contribution < -0.4 is 10.2 Å². The van der Waals surface area contributed by atoms with Gasteiger partial charge in [-0.1, -0.05) is 0 Å². The van der Waals surface area contributed by atoms with Gasteiger partial charge in [0.2, 0.25) is 11.9 Å². The first kappa shape index (κ1) is 17.5. The zero-order valence-electron chi connectivity index (χ0n) is 14.7. The fourth-order valence-electron chi connectivity index (χ4n) is 4.07. The summed E-state index contributed by atoms with van der Waals surface area (Å²) in [6.07, 6.45) is 3.95. The molecule has 26 heavy (non-hydrogen) atoms. The molecule has 3 fully saturated rings. The average molecular weight is 366 g/mol. The number of piperazine rings is 1. The molecule has 3 saturated heterocycles. The zero-order chi connectivity index (χ0) is 18.1. The van der Waals surface area contributed by atoms with E-state index in [1.807, 2.05) is 0 Å². The second-order valence-electron chi connectivity index (χ2n) is 7.29. The highest BCUT2D eigenvalue weighted by atomic mass is 19.3. The third-order valence-electron chi connectivity index (χ3n) is 5.55. The van der Waals surface area contributed by atoms with Crippen LogP contribution in [-0.4, -0.2) is 89.5 Å². The van der Waals surface area contributed by atoms with Gasteiger partial charge in [-0.05, 0) is 12.5 Å². The minimum Gasteiger partial charge on any atom is -0.338 e. The number of alkyl halides is 2. The van der Waals surface area contributed by atoms with Crippen LogP contribution in [0, 0.1) is 0 Å². The molecule has 0 spiro atoms. The average Bonchev–Trinajstić information content (AvgIpc) is 3.29. The maximum absolute atomic E-state index is 13.3. The van der Waals surface area contributed by atoms with E-state index in [-0.39, 0.29) is 31.0 Å². The number of rotatable bonds is 3. The summed E-state index contributed by atoms with van der Waals surface area (Å²) >= 11 is 0. The number of carbonyl (C=O) groups is 1. The Bertz CT molecular complexity index is 637. The molecule has 0 radical (unpaired) electrons. The number of anilines is 1. The van der Waals surface area contributed by atoms with Crippen molar-refractivity contribution in [3.8, 4) is 0 Å². The largest absolute Gasteiger partial charge is 0.338 e. The second kappa shape index (κ2) is 7.03. The molecule has 1 aromatic rings. The SMILES string of the molecule is O=C([C@@H]1CC(N2CCN(c3ncccn3)CC2)CN1)N1CCC(F)(F)C1. The van der Waals surface area contributed by atoms with Crippen LogP contribution in [0.2, 0.25) is 0 Å². The summed E-state index contributed by atoms with van der Waals surface area (Å²) in [5.74, 6) is -2.16. The van der Waals surface area contributed by atoms with Gasteiger partial charge in [0.1, 0.15) is 0 Å². The van der Waals surface area contributed by atoms with E-state index < -0.39 is 12.5 Å². The summed E-state index contributed by atoms with van der Waals surface area (Å²) in [5, 5.41) is 3.23. The molecule has 1 unspecified atom stereocenters. The number of nitrogens with one attached hydrogen (secondary N) is 1. The maximum Gasteiger partial charge on any atom is 0.267 e. The van der Waals surface area contributed by atoms with Gasteiger partial charge in [0.25, 0.3) is 5.92 Å². The van der Waals surface area contributed by atoms with Crippen molar-refractivity contribution in [1.82, 2.24) is 25.1 Å². The van der Waals surface area contributed by atoms with Crippen LogP contribution in [0.15, 0.2) is 18.5 Å². The van der Waals surface area contributed by atoms with Crippen molar-refractivity contribution >= 4 is 11.9 Å². The lowest BCUT2D eigenvalue weighted by atomic mass is 10.1. The molecular formula is C17H24F2N6O. The Hall–Kier alpha value is -1.87. The molecule has 142 valence electrons. The van der Waals surface area contributed by atoms with E-state index in [0.717, 1.165) is 38.7 Å². The van der Waals surface area contributed by atoms with Crippen molar-refractivity contribution in [1.29, 1.82) is 0 Å². The predicted octanol–water partition coefficient (Wildman–Crippen LogP) is 0.197. The zero-order valence-corrected chi connectivity index (χ0v) is 14.7. The van der Waals surface area contributed by atoms with Crippen molar-refractivity contribution < 1.29 is 13.6 Å². The van der Waals surface area contributed by atoms with E-state index in [1.165, 1.54) is 4.90 Å². The fourth-order valence-corrected chi connectivity index (χ4v) is 4.07. The molecule has 0 saturated carbocycles. The summed E-state index contributed by atoms with van der Waals surface area (Å²) in [5.41, 5.74) is 0. The molecule has 3 aliphatic rings. The Morgan fingerprint density at radius 2 is 1.88 bits per heavy atom. The van der Waals surface area contributed by atoms with Gasteiger partial charge in [0.05, 0.1) is 12.6 Å². The molecule has 0 aliphatic carbocycles.